The monoisotopic (exact) mass is 975 g/mol. The molecule has 2 rings (SSSR count). The van der Waals surface area contributed by atoms with Gasteiger partial charge in [-0.25, -0.2) is 0 Å². The van der Waals surface area contributed by atoms with E-state index in [9.17, 15) is 0 Å². The largest absolute Gasteiger partial charge is 0.378 e. The van der Waals surface area contributed by atoms with Crippen molar-refractivity contribution in [2.45, 2.75) is 276 Å². The summed E-state index contributed by atoms with van der Waals surface area (Å²) in [4.78, 5) is 0. The van der Waals surface area contributed by atoms with Gasteiger partial charge in [0.25, 0.3) is 0 Å². The normalized spacial score (nSPS) is 22.6. The Morgan fingerprint density at radius 2 is 0.800 bits per heavy atom. The Bertz CT molecular complexity index is 1270. The highest BCUT2D eigenvalue weighted by atomic mass is 32.1. The fourth-order valence-electron chi connectivity index (χ4n) is 8.91. The van der Waals surface area contributed by atoms with Crippen molar-refractivity contribution in [2.24, 2.45) is 17.3 Å². The first-order valence-electron chi connectivity index (χ1n) is 26.3. The van der Waals surface area contributed by atoms with Gasteiger partial charge in [0, 0.05) is 10.5 Å². The maximum absolute atomic E-state index is 6.96. The van der Waals surface area contributed by atoms with Crippen LogP contribution in [0.25, 0.3) is 0 Å². The molecule has 0 aliphatic heterocycles. The number of rotatable bonds is 33. The lowest BCUT2D eigenvalue weighted by Gasteiger charge is -2.41. The molecule has 0 spiro atoms. The fraction of sp³-hybridized carbons (Fsp3) is 0.964. The standard InChI is InChI=1S/C55H106O7S3/c1-44(2)56-40-55(41-60-52(9,10)33-36-57-49(3,4)30-15-16-39-63,43-62-54(13,14)35-38-59-51(7,8)32-29-46-22-19-25-48(65)27-26-46)42-61-53(11,12)34-37-58-50(5,6)31-28-45-20-17-23-47(64)24-18-21-45/h16,39,44-48,63-65H,15,17-38,40-43H2,1-14H3. The Kier molecular flexibility index (Phi) is 28.2. The highest BCUT2D eigenvalue weighted by Gasteiger charge is 2.39. The zero-order valence-corrected chi connectivity index (χ0v) is 47.5. The molecule has 0 saturated heterocycles. The summed E-state index contributed by atoms with van der Waals surface area (Å²) in [5.41, 5.74) is -2.45. The van der Waals surface area contributed by atoms with Gasteiger partial charge in [-0.3, -0.25) is 0 Å². The van der Waals surface area contributed by atoms with E-state index in [4.69, 9.17) is 58.4 Å². The van der Waals surface area contributed by atoms with Crippen LogP contribution < -0.4 is 0 Å². The van der Waals surface area contributed by atoms with Crippen molar-refractivity contribution < 1.29 is 33.2 Å². The predicted molar refractivity (Wildman–Crippen MR) is 287 cm³/mol. The van der Waals surface area contributed by atoms with E-state index in [1.807, 2.05) is 0 Å². The molecule has 386 valence electrons. The summed E-state index contributed by atoms with van der Waals surface area (Å²) in [5.74, 6) is 1.58. The van der Waals surface area contributed by atoms with Gasteiger partial charge in [0.15, 0.2) is 0 Å². The van der Waals surface area contributed by atoms with Crippen LogP contribution in [0.1, 0.15) is 225 Å². The van der Waals surface area contributed by atoms with Gasteiger partial charge in [0.05, 0.1) is 91.4 Å². The molecule has 0 radical (unpaired) electrons. The van der Waals surface area contributed by atoms with Crippen LogP contribution in [0.4, 0.5) is 0 Å². The van der Waals surface area contributed by atoms with Crippen LogP contribution in [-0.4, -0.2) is 96.5 Å². The third-order valence-electron chi connectivity index (χ3n) is 14.3. The average molecular weight is 976 g/mol. The van der Waals surface area contributed by atoms with E-state index in [0.717, 1.165) is 56.8 Å². The summed E-state index contributed by atoms with van der Waals surface area (Å²) >= 11 is 13.8. The van der Waals surface area contributed by atoms with Crippen LogP contribution in [0.5, 0.6) is 0 Å². The lowest BCUT2D eigenvalue weighted by molar-refractivity contribution is -0.187. The SMILES string of the molecule is CC(C)OCC(COC(C)(C)CCOC(C)(C)CCC=CS)(COC(C)(C)CCOC(C)(C)CCC1CCCC(S)CCC1)COC(C)(C)CCOC(C)(C)CCC1CCCC(S)CC1. The van der Waals surface area contributed by atoms with Crippen molar-refractivity contribution in [3.05, 3.63) is 11.5 Å². The second-order valence-corrected chi connectivity index (χ2v) is 26.2. The Hall–Kier alpha value is 0.510. The summed E-state index contributed by atoms with van der Waals surface area (Å²) in [6.07, 6.45) is 25.1. The lowest BCUT2D eigenvalue weighted by atomic mass is 9.85. The van der Waals surface area contributed by atoms with Crippen molar-refractivity contribution >= 4 is 37.9 Å². The number of hydrogen-bond donors (Lipinski definition) is 3. The third kappa shape index (κ3) is 29.5. The van der Waals surface area contributed by atoms with Crippen LogP contribution in [0.3, 0.4) is 0 Å². The third-order valence-corrected chi connectivity index (χ3v) is 15.5. The molecule has 2 fully saturated rings. The molecule has 0 aromatic heterocycles. The van der Waals surface area contributed by atoms with Crippen LogP contribution >= 0.6 is 37.9 Å². The molecule has 0 N–H and O–H groups in total. The Morgan fingerprint density at radius 3 is 1.18 bits per heavy atom. The van der Waals surface area contributed by atoms with Gasteiger partial charge in [-0.15, -0.1) is 0 Å². The number of thiol groups is 3. The first-order chi connectivity index (χ1) is 30.2. The van der Waals surface area contributed by atoms with Gasteiger partial charge < -0.3 is 33.2 Å². The summed E-state index contributed by atoms with van der Waals surface area (Å²) in [7, 11) is 0. The molecule has 3 atom stereocenters. The van der Waals surface area contributed by atoms with Gasteiger partial charge in [-0.05, 0) is 204 Å². The molecule has 0 aromatic carbocycles. The summed E-state index contributed by atoms with van der Waals surface area (Å²) < 4.78 is 47.0. The van der Waals surface area contributed by atoms with Crippen molar-refractivity contribution in [3.63, 3.8) is 0 Å². The molecule has 3 unspecified atom stereocenters. The maximum Gasteiger partial charge on any atom is 0.0648 e. The van der Waals surface area contributed by atoms with Gasteiger partial charge in [0.2, 0.25) is 0 Å². The highest BCUT2D eigenvalue weighted by molar-refractivity contribution is 7.83. The minimum Gasteiger partial charge on any atom is -0.378 e. The summed E-state index contributed by atoms with van der Waals surface area (Å²) in [6.45, 7) is 34.2. The van der Waals surface area contributed by atoms with E-state index in [1.54, 1.807) is 5.41 Å². The zero-order chi connectivity index (χ0) is 48.8. The Morgan fingerprint density at radius 1 is 0.446 bits per heavy atom. The van der Waals surface area contributed by atoms with Gasteiger partial charge in [0.1, 0.15) is 0 Å². The van der Waals surface area contributed by atoms with Crippen LogP contribution in [0.15, 0.2) is 11.5 Å². The first-order valence-corrected chi connectivity index (χ1v) is 27.8. The molecule has 0 bridgehead atoms. The zero-order valence-electron chi connectivity index (χ0n) is 44.8. The van der Waals surface area contributed by atoms with Crippen LogP contribution in [0, 0.1) is 17.3 Å². The molecular formula is C55H106O7S3. The highest BCUT2D eigenvalue weighted by Crippen LogP contribution is 2.35. The minimum absolute atomic E-state index is 0.0438. The van der Waals surface area contributed by atoms with Crippen molar-refractivity contribution in [3.8, 4) is 0 Å². The lowest BCUT2D eigenvalue weighted by Crippen LogP contribution is -2.48. The smallest absolute Gasteiger partial charge is 0.0648 e. The Labute approximate surface area is 419 Å². The van der Waals surface area contributed by atoms with E-state index in [2.05, 4.69) is 116 Å². The van der Waals surface area contributed by atoms with Crippen molar-refractivity contribution in [1.29, 1.82) is 0 Å². The molecule has 65 heavy (non-hydrogen) atoms. The maximum atomic E-state index is 6.96. The van der Waals surface area contributed by atoms with E-state index in [1.165, 1.54) is 83.5 Å². The van der Waals surface area contributed by atoms with E-state index in [-0.39, 0.29) is 22.9 Å². The number of hydrogen-bond acceptors (Lipinski definition) is 10. The van der Waals surface area contributed by atoms with Gasteiger partial charge in [-0.1, -0.05) is 44.6 Å². The fourth-order valence-corrected chi connectivity index (χ4v) is 9.76. The quantitative estimate of drug-likeness (QED) is 0.0447. The number of allylic oxidation sites excluding steroid dienone is 1. The molecule has 2 saturated carbocycles. The second kappa shape index (κ2) is 29.8. The van der Waals surface area contributed by atoms with E-state index in [0.29, 0.717) is 56.7 Å². The molecule has 2 aliphatic rings. The summed E-state index contributed by atoms with van der Waals surface area (Å²) in [6, 6.07) is 0. The van der Waals surface area contributed by atoms with Gasteiger partial charge >= 0.3 is 0 Å². The average Bonchev–Trinajstić information content (AvgIpc) is 3.40. The minimum atomic E-state index is -0.565. The first kappa shape index (κ1) is 61.6. The number of ether oxygens (including phenoxy) is 7. The van der Waals surface area contributed by atoms with E-state index < -0.39 is 22.2 Å². The van der Waals surface area contributed by atoms with Crippen LogP contribution in [0.2, 0.25) is 0 Å². The molecule has 0 aromatic rings. The van der Waals surface area contributed by atoms with E-state index >= 15 is 0 Å². The molecular weight excluding hydrogens is 869 g/mol. The second-order valence-electron chi connectivity index (χ2n) is 24.5. The molecule has 2 aliphatic carbocycles. The Balaban J connectivity index is 2.14. The molecule has 0 amide bonds. The van der Waals surface area contributed by atoms with Crippen molar-refractivity contribution in [1.82, 2.24) is 0 Å². The summed E-state index contributed by atoms with van der Waals surface area (Å²) in [5, 5.41) is 2.96. The topological polar surface area (TPSA) is 64.6 Å². The van der Waals surface area contributed by atoms with Gasteiger partial charge in [-0.2, -0.15) is 37.9 Å². The van der Waals surface area contributed by atoms with Crippen molar-refractivity contribution in [2.75, 3.05) is 46.2 Å². The predicted octanol–water partition coefficient (Wildman–Crippen LogP) is 15.3. The molecule has 0 heterocycles. The molecule has 7 nitrogen and oxygen atoms in total. The van der Waals surface area contributed by atoms with Crippen LogP contribution in [-0.2, 0) is 33.2 Å². The molecule has 10 heteroatoms.